The first-order chi connectivity index (χ1) is 10.7. The third-order valence-corrected chi connectivity index (χ3v) is 4.19. The summed E-state index contributed by atoms with van der Waals surface area (Å²) < 4.78 is 0. The second kappa shape index (κ2) is 14.6. The van der Waals surface area contributed by atoms with Crippen LogP contribution in [0.2, 0.25) is 0 Å². The molecular weight excluding hydrogens is 310 g/mol. The van der Waals surface area contributed by atoms with Crippen molar-refractivity contribution in [2.45, 2.75) is 77.6 Å². The van der Waals surface area contributed by atoms with Crippen molar-refractivity contribution in [1.29, 1.82) is 0 Å². The smallest absolute Gasteiger partial charge is 0.218 e. The summed E-state index contributed by atoms with van der Waals surface area (Å²) in [5.41, 5.74) is 11.8. The average Bonchev–Trinajstić information content (AvgIpc) is 2.54. The van der Waals surface area contributed by atoms with Gasteiger partial charge in [-0.1, -0.05) is 51.9 Å². The minimum Gasteiger partial charge on any atom is -0.369 e. The monoisotopic (exact) mass is 345 g/mol. The molecule has 4 N–H and O–H groups in total. The van der Waals surface area contributed by atoms with E-state index in [1.165, 1.54) is 64.2 Å². The molecule has 1 aliphatic rings. The van der Waals surface area contributed by atoms with Crippen LogP contribution in [-0.4, -0.2) is 36.5 Å². The predicted octanol–water partition coefficient (Wildman–Crippen LogP) is 3.66. The molecule has 1 rings (SSSR count). The van der Waals surface area contributed by atoms with Crippen LogP contribution in [-0.2, 0) is 0 Å². The maximum Gasteiger partial charge on any atom is 0.218 e. The van der Waals surface area contributed by atoms with E-state index >= 15 is 0 Å². The van der Waals surface area contributed by atoms with Crippen molar-refractivity contribution in [2.24, 2.45) is 21.5 Å². The summed E-state index contributed by atoms with van der Waals surface area (Å²) in [5.74, 6) is 0.850. The Bertz CT molecular complexity index is 338. The maximum atomic E-state index is 5.97. The van der Waals surface area contributed by atoms with Crippen molar-refractivity contribution in [1.82, 2.24) is 4.90 Å². The van der Waals surface area contributed by atoms with Gasteiger partial charge in [0.05, 0.1) is 0 Å². The van der Waals surface area contributed by atoms with Gasteiger partial charge in [-0.3, -0.25) is 4.99 Å². The van der Waals surface area contributed by atoms with Crippen LogP contribution in [0.3, 0.4) is 0 Å². The van der Waals surface area contributed by atoms with Crippen molar-refractivity contribution >= 4 is 24.3 Å². The van der Waals surface area contributed by atoms with Gasteiger partial charge in [0.2, 0.25) is 5.96 Å². The van der Waals surface area contributed by atoms with Gasteiger partial charge in [-0.05, 0) is 25.7 Å². The maximum absolute atomic E-state index is 5.97. The Hall–Kier alpha value is -0.970. The van der Waals surface area contributed by atoms with Crippen LogP contribution in [0, 0.1) is 0 Å². The van der Waals surface area contributed by atoms with Crippen molar-refractivity contribution in [2.75, 3.05) is 19.6 Å². The Morgan fingerprint density at radius 1 is 0.870 bits per heavy atom. The minimum atomic E-state index is 0. The lowest BCUT2D eigenvalue weighted by Gasteiger charge is -2.27. The Labute approximate surface area is 148 Å². The van der Waals surface area contributed by atoms with Crippen molar-refractivity contribution in [3.63, 3.8) is 0 Å². The number of hydrogen-bond acceptors (Lipinski definition) is 1. The molecule has 1 heterocycles. The lowest BCUT2D eigenvalue weighted by Crippen LogP contribution is -2.41. The summed E-state index contributed by atoms with van der Waals surface area (Å²) in [4.78, 5) is 10.6. The van der Waals surface area contributed by atoms with Gasteiger partial charge in [-0.15, -0.1) is 12.4 Å². The third-order valence-electron chi connectivity index (χ3n) is 4.19. The zero-order valence-electron chi connectivity index (χ0n) is 14.8. The number of piperidine rings is 1. The number of nitrogens with zero attached hydrogens (tertiary/aromatic N) is 3. The fraction of sp³-hybridized carbons (Fsp3) is 0.882. The predicted molar refractivity (Wildman–Crippen MR) is 103 cm³/mol. The van der Waals surface area contributed by atoms with Gasteiger partial charge in [0.15, 0.2) is 5.96 Å². The van der Waals surface area contributed by atoms with E-state index in [1.54, 1.807) is 0 Å². The molecule has 1 aliphatic heterocycles. The minimum absolute atomic E-state index is 0. The van der Waals surface area contributed by atoms with E-state index in [0.717, 1.165) is 26.1 Å². The second-order valence-corrected chi connectivity index (χ2v) is 6.23. The molecule has 0 aromatic heterocycles. The number of halogens is 1. The van der Waals surface area contributed by atoms with Crippen LogP contribution in [0.4, 0.5) is 0 Å². The Morgan fingerprint density at radius 2 is 1.43 bits per heavy atom. The van der Waals surface area contributed by atoms with Crippen LogP contribution in [0.1, 0.15) is 77.6 Å². The lowest BCUT2D eigenvalue weighted by atomic mass is 10.1. The molecule has 0 radical (unpaired) electrons. The average molecular weight is 346 g/mol. The Balaban J connectivity index is 0.00000484. The highest BCUT2D eigenvalue weighted by Crippen LogP contribution is 2.09. The normalized spacial score (nSPS) is 16.3. The lowest BCUT2D eigenvalue weighted by molar-refractivity contribution is 0.339. The molecule has 0 aliphatic carbocycles. The zero-order valence-corrected chi connectivity index (χ0v) is 15.6. The Kier molecular flexibility index (Phi) is 14.0. The number of nitrogens with two attached hydrogens (primary N) is 2. The molecule has 1 saturated heterocycles. The largest absolute Gasteiger partial charge is 0.369 e. The number of guanidine groups is 2. The molecule has 5 nitrogen and oxygen atoms in total. The van der Waals surface area contributed by atoms with E-state index in [-0.39, 0.29) is 12.4 Å². The number of likely N-dealkylation sites (tertiary alicyclic amines) is 1. The molecular formula is C17H36ClN5. The van der Waals surface area contributed by atoms with Crippen LogP contribution in [0.15, 0.2) is 9.98 Å². The van der Waals surface area contributed by atoms with E-state index in [9.17, 15) is 0 Å². The summed E-state index contributed by atoms with van der Waals surface area (Å²) in [6.45, 7) is 4.99. The van der Waals surface area contributed by atoms with Gasteiger partial charge in [-0.25, -0.2) is 0 Å². The summed E-state index contributed by atoms with van der Waals surface area (Å²) in [6, 6.07) is 0. The van der Waals surface area contributed by atoms with Crippen molar-refractivity contribution in [3.8, 4) is 0 Å². The van der Waals surface area contributed by atoms with E-state index in [2.05, 4.69) is 21.8 Å². The fourth-order valence-electron chi connectivity index (χ4n) is 2.79. The molecule has 0 saturated carbocycles. The highest BCUT2D eigenvalue weighted by atomic mass is 35.5. The third kappa shape index (κ3) is 11.2. The molecule has 0 amide bonds. The molecule has 0 aromatic carbocycles. The van der Waals surface area contributed by atoms with E-state index in [4.69, 9.17) is 11.5 Å². The first kappa shape index (κ1) is 22.0. The topological polar surface area (TPSA) is 80.0 Å². The fourth-order valence-corrected chi connectivity index (χ4v) is 2.79. The van der Waals surface area contributed by atoms with Crippen LogP contribution in [0.25, 0.3) is 0 Å². The second-order valence-electron chi connectivity index (χ2n) is 6.23. The standard InChI is InChI=1S/C17H35N5.ClH/c1-2-3-4-5-6-7-8-10-13-20-16(18)21-17(19)22-14-11-9-12-15-22;/h2-15H2,1H3,(H4,18,19,20,21);1H. The zero-order chi connectivity index (χ0) is 16.0. The molecule has 1 fully saturated rings. The van der Waals surface area contributed by atoms with Crippen LogP contribution in [0.5, 0.6) is 0 Å². The first-order valence-corrected chi connectivity index (χ1v) is 9.13. The Morgan fingerprint density at radius 3 is 2.04 bits per heavy atom. The van der Waals surface area contributed by atoms with Crippen molar-refractivity contribution in [3.05, 3.63) is 0 Å². The molecule has 6 heteroatoms. The van der Waals surface area contributed by atoms with Crippen molar-refractivity contribution < 1.29 is 0 Å². The van der Waals surface area contributed by atoms with Gasteiger partial charge in [0, 0.05) is 19.6 Å². The van der Waals surface area contributed by atoms with Gasteiger partial charge < -0.3 is 16.4 Å². The molecule has 0 atom stereocenters. The highest BCUT2D eigenvalue weighted by Gasteiger charge is 2.11. The SMILES string of the molecule is CCCCCCCCCCN=C(N)N=C(N)N1CCCCC1.Cl. The van der Waals surface area contributed by atoms with E-state index < -0.39 is 0 Å². The van der Waals surface area contributed by atoms with Gasteiger partial charge in [-0.2, -0.15) is 4.99 Å². The number of aliphatic imine (C=N–C) groups is 2. The molecule has 136 valence electrons. The summed E-state index contributed by atoms with van der Waals surface area (Å²) >= 11 is 0. The van der Waals surface area contributed by atoms with Gasteiger partial charge in [0.1, 0.15) is 0 Å². The molecule has 0 bridgehead atoms. The van der Waals surface area contributed by atoms with Gasteiger partial charge in [0.25, 0.3) is 0 Å². The van der Waals surface area contributed by atoms with Crippen LogP contribution >= 0.6 is 12.4 Å². The highest BCUT2D eigenvalue weighted by molar-refractivity contribution is 5.93. The number of unbranched alkanes of at least 4 members (excludes halogenated alkanes) is 7. The van der Waals surface area contributed by atoms with Crippen LogP contribution < -0.4 is 11.5 Å². The molecule has 0 unspecified atom stereocenters. The summed E-state index contributed by atoms with van der Waals surface area (Å²) in [7, 11) is 0. The summed E-state index contributed by atoms with van der Waals surface area (Å²) in [5, 5.41) is 0. The number of hydrogen-bond donors (Lipinski definition) is 2. The number of rotatable bonds is 9. The first-order valence-electron chi connectivity index (χ1n) is 9.13. The molecule has 23 heavy (non-hydrogen) atoms. The van der Waals surface area contributed by atoms with E-state index in [1.807, 2.05) is 0 Å². The summed E-state index contributed by atoms with van der Waals surface area (Å²) in [6.07, 6.45) is 14.1. The molecule has 0 spiro atoms. The van der Waals surface area contributed by atoms with E-state index in [0.29, 0.717) is 11.9 Å². The molecule has 0 aromatic rings. The quantitative estimate of drug-likeness (QED) is 0.380. The van der Waals surface area contributed by atoms with Gasteiger partial charge >= 0.3 is 0 Å².